The van der Waals surface area contributed by atoms with Gasteiger partial charge in [-0.15, -0.1) is 11.3 Å². The zero-order valence-electron chi connectivity index (χ0n) is 17.2. The van der Waals surface area contributed by atoms with Crippen LogP contribution in [0.4, 0.5) is 5.69 Å². The molecule has 5 nitrogen and oxygen atoms in total. The second-order valence-corrected chi connectivity index (χ2v) is 8.52. The van der Waals surface area contributed by atoms with E-state index in [-0.39, 0.29) is 23.9 Å². The van der Waals surface area contributed by atoms with Crippen LogP contribution >= 0.6 is 11.3 Å². The highest BCUT2D eigenvalue weighted by atomic mass is 32.1. The summed E-state index contributed by atoms with van der Waals surface area (Å²) in [5.74, 6) is 0.0311. The average molecular weight is 418 g/mol. The SMILES string of the molecule is Cc1ccc(-c2csc3ncn(CC(=O)Nc4ccccc4C(C)C)c(=O)c23)cc1. The second-order valence-electron chi connectivity index (χ2n) is 7.66. The minimum Gasteiger partial charge on any atom is -0.324 e. The van der Waals surface area contributed by atoms with Gasteiger partial charge in [0.15, 0.2) is 0 Å². The van der Waals surface area contributed by atoms with Gasteiger partial charge in [-0.3, -0.25) is 14.2 Å². The Morgan fingerprint density at radius 1 is 1.13 bits per heavy atom. The molecule has 0 atom stereocenters. The number of hydrogen-bond acceptors (Lipinski definition) is 4. The summed E-state index contributed by atoms with van der Waals surface area (Å²) in [6.45, 7) is 6.10. The van der Waals surface area contributed by atoms with Crippen LogP contribution in [0.15, 0.2) is 65.0 Å². The molecule has 30 heavy (non-hydrogen) atoms. The summed E-state index contributed by atoms with van der Waals surface area (Å²) in [6, 6.07) is 15.8. The number of para-hydroxylation sites is 1. The molecule has 0 saturated heterocycles. The molecular formula is C24H23N3O2S. The predicted molar refractivity (Wildman–Crippen MR) is 123 cm³/mol. The molecule has 0 saturated carbocycles. The highest BCUT2D eigenvalue weighted by Gasteiger charge is 2.15. The molecule has 1 amide bonds. The van der Waals surface area contributed by atoms with Crippen molar-refractivity contribution in [3.63, 3.8) is 0 Å². The standard InChI is InChI=1S/C24H23N3O2S/c1-15(2)18-6-4-5-7-20(18)26-21(28)12-27-14-25-23-22(24(27)29)19(13-30-23)17-10-8-16(3)9-11-17/h4-11,13-15H,12H2,1-3H3,(H,26,28). The Kier molecular flexibility index (Phi) is 5.50. The first-order valence-corrected chi connectivity index (χ1v) is 10.7. The van der Waals surface area contributed by atoms with Crippen molar-refractivity contribution >= 4 is 33.1 Å². The first kappa shape index (κ1) is 20.0. The number of carbonyl (C=O) groups excluding carboxylic acids is 1. The molecule has 4 aromatic rings. The summed E-state index contributed by atoms with van der Waals surface area (Å²) in [6.07, 6.45) is 1.45. The van der Waals surface area contributed by atoms with Crippen molar-refractivity contribution in [2.45, 2.75) is 33.2 Å². The molecule has 152 valence electrons. The van der Waals surface area contributed by atoms with Crippen molar-refractivity contribution in [1.29, 1.82) is 0 Å². The molecule has 0 unspecified atom stereocenters. The van der Waals surface area contributed by atoms with Gasteiger partial charge in [-0.2, -0.15) is 0 Å². The number of amides is 1. The van der Waals surface area contributed by atoms with E-state index < -0.39 is 0 Å². The third-order valence-electron chi connectivity index (χ3n) is 5.09. The van der Waals surface area contributed by atoms with Gasteiger partial charge in [-0.1, -0.05) is 61.9 Å². The summed E-state index contributed by atoms with van der Waals surface area (Å²) in [5.41, 5.74) is 4.62. The van der Waals surface area contributed by atoms with Crippen molar-refractivity contribution in [1.82, 2.24) is 9.55 Å². The number of fused-ring (bicyclic) bond motifs is 1. The summed E-state index contributed by atoms with van der Waals surface area (Å²) < 4.78 is 1.38. The molecule has 0 radical (unpaired) electrons. The number of carbonyl (C=O) groups is 1. The lowest BCUT2D eigenvalue weighted by molar-refractivity contribution is -0.116. The van der Waals surface area contributed by atoms with Crippen molar-refractivity contribution < 1.29 is 4.79 Å². The molecule has 6 heteroatoms. The Balaban J connectivity index is 1.65. The molecule has 4 rings (SSSR count). The zero-order chi connectivity index (χ0) is 21.3. The van der Waals surface area contributed by atoms with E-state index in [2.05, 4.69) is 24.1 Å². The van der Waals surface area contributed by atoms with Crippen LogP contribution in [-0.4, -0.2) is 15.5 Å². The number of aromatic nitrogens is 2. The van der Waals surface area contributed by atoms with Crippen LogP contribution in [0.5, 0.6) is 0 Å². The molecule has 0 aliphatic rings. The maximum Gasteiger partial charge on any atom is 0.263 e. The lowest BCUT2D eigenvalue weighted by atomic mass is 10.0. The Hall–Kier alpha value is -3.25. The van der Waals surface area contributed by atoms with Gasteiger partial charge in [-0.25, -0.2) is 4.98 Å². The smallest absolute Gasteiger partial charge is 0.263 e. The van der Waals surface area contributed by atoms with E-state index in [4.69, 9.17) is 0 Å². The number of thiophene rings is 1. The number of rotatable bonds is 5. The van der Waals surface area contributed by atoms with Crippen molar-refractivity contribution in [3.8, 4) is 11.1 Å². The zero-order valence-corrected chi connectivity index (χ0v) is 18.0. The number of benzene rings is 2. The van der Waals surface area contributed by atoms with Gasteiger partial charge in [0.05, 0.1) is 11.7 Å². The fraction of sp³-hybridized carbons (Fsp3) is 0.208. The second kappa shape index (κ2) is 8.24. The number of aryl methyl sites for hydroxylation is 1. The van der Waals surface area contributed by atoms with Gasteiger partial charge in [-0.05, 0) is 30.0 Å². The van der Waals surface area contributed by atoms with E-state index in [1.807, 2.05) is 60.8 Å². The van der Waals surface area contributed by atoms with Crippen LogP contribution in [0.3, 0.4) is 0 Å². The van der Waals surface area contributed by atoms with Gasteiger partial charge >= 0.3 is 0 Å². The van der Waals surface area contributed by atoms with Crippen LogP contribution in [0.25, 0.3) is 21.3 Å². The molecular weight excluding hydrogens is 394 g/mol. The fourth-order valence-corrected chi connectivity index (χ4v) is 4.39. The predicted octanol–water partition coefficient (Wildman–Crippen LogP) is 5.20. The molecule has 0 aliphatic carbocycles. The molecule has 2 aromatic carbocycles. The topological polar surface area (TPSA) is 64.0 Å². The summed E-state index contributed by atoms with van der Waals surface area (Å²) >= 11 is 1.44. The number of nitrogens with zero attached hydrogens (tertiary/aromatic N) is 2. The largest absolute Gasteiger partial charge is 0.324 e. The first-order valence-electron chi connectivity index (χ1n) is 9.86. The van der Waals surface area contributed by atoms with E-state index in [9.17, 15) is 9.59 Å². The lowest BCUT2D eigenvalue weighted by Gasteiger charge is -2.14. The Labute approximate surface area is 179 Å². The van der Waals surface area contributed by atoms with E-state index >= 15 is 0 Å². The van der Waals surface area contributed by atoms with Gasteiger partial charge in [0, 0.05) is 16.6 Å². The minimum atomic E-state index is -0.251. The normalized spacial score (nSPS) is 11.2. The van der Waals surface area contributed by atoms with Crippen LogP contribution in [0.1, 0.15) is 30.9 Å². The summed E-state index contributed by atoms with van der Waals surface area (Å²) in [4.78, 5) is 30.9. The van der Waals surface area contributed by atoms with Gasteiger partial charge < -0.3 is 5.32 Å². The fourth-order valence-electron chi connectivity index (χ4n) is 3.48. The Bertz CT molecular complexity index is 1270. The average Bonchev–Trinajstić information content (AvgIpc) is 3.16. The van der Waals surface area contributed by atoms with Crippen molar-refractivity contribution in [2.75, 3.05) is 5.32 Å². The number of anilines is 1. The lowest BCUT2D eigenvalue weighted by Crippen LogP contribution is -2.28. The monoisotopic (exact) mass is 417 g/mol. The molecule has 0 fully saturated rings. The van der Waals surface area contributed by atoms with Crippen LogP contribution in [0, 0.1) is 6.92 Å². The van der Waals surface area contributed by atoms with Crippen molar-refractivity contribution in [3.05, 3.63) is 81.7 Å². The van der Waals surface area contributed by atoms with Gasteiger partial charge in [0.1, 0.15) is 11.4 Å². The third-order valence-corrected chi connectivity index (χ3v) is 5.98. The van der Waals surface area contributed by atoms with E-state index in [0.29, 0.717) is 10.2 Å². The maximum atomic E-state index is 13.2. The molecule has 0 aliphatic heterocycles. The van der Waals surface area contributed by atoms with Crippen LogP contribution < -0.4 is 10.9 Å². The van der Waals surface area contributed by atoms with Gasteiger partial charge in [0.2, 0.25) is 5.91 Å². The van der Waals surface area contributed by atoms with Crippen LogP contribution in [0.2, 0.25) is 0 Å². The van der Waals surface area contributed by atoms with Crippen molar-refractivity contribution in [2.24, 2.45) is 0 Å². The van der Waals surface area contributed by atoms with Crippen LogP contribution in [-0.2, 0) is 11.3 Å². The van der Waals surface area contributed by atoms with E-state index in [1.54, 1.807) is 0 Å². The highest BCUT2D eigenvalue weighted by Crippen LogP contribution is 2.30. The Morgan fingerprint density at radius 3 is 2.60 bits per heavy atom. The van der Waals surface area contributed by atoms with E-state index in [0.717, 1.165) is 27.9 Å². The number of nitrogens with one attached hydrogen (secondary N) is 1. The molecule has 0 bridgehead atoms. The quantitative estimate of drug-likeness (QED) is 0.486. The molecule has 1 N–H and O–H groups in total. The third kappa shape index (κ3) is 3.91. The van der Waals surface area contributed by atoms with Gasteiger partial charge in [0.25, 0.3) is 5.56 Å². The molecule has 0 spiro atoms. The summed E-state index contributed by atoms with van der Waals surface area (Å²) in [7, 11) is 0. The minimum absolute atomic E-state index is 0.0859. The van der Waals surface area contributed by atoms with E-state index in [1.165, 1.54) is 22.2 Å². The highest BCUT2D eigenvalue weighted by molar-refractivity contribution is 7.17. The summed E-state index contributed by atoms with van der Waals surface area (Å²) in [5, 5.41) is 5.45. The maximum absolute atomic E-state index is 13.2. The Morgan fingerprint density at radius 2 is 1.87 bits per heavy atom. The number of hydrogen-bond donors (Lipinski definition) is 1. The first-order chi connectivity index (χ1) is 14.4. The molecule has 2 heterocycles. The molecule has 2 aromatic heterocycles.